The van der Waals surface area contributed by atoms with Crippen molar-refractivity contribution in [2.75, 3.05) is 12.9 Å². The molecule has 2 N–H and O–H groups in total. The van der Waals surface area contributed by atoms with E-state index < -0.39 is 0 Å². The number of nitrogens with two attached hydrogens (primary N) is 1. The van der Waals surface area contributed by atoms with Crippen molar-refractivity contribution in [2.24, 2.45) is 5.73 Å². The Kier molecular flexibility index (Phi) is 5.77. The van der Waals surface area contributed by atoms with Crippen LogP contribution in [0.2, 0.25) is 5.02 Å². The van der Waals surface area contributed by atoms with E-state index in [1.54, 1.807) is 18.9 Å². The molecule has 2 rings (SSSR count). The Morgan fingerprint density at radius 2 is 2.00 bits per heavy atom. The molecule has 2 aromatic rings. The topological polar surface area (TPSA) is 35.2 Å². The van der Waals surface area contributed by atoms with E-state index in [1.807, 2.05) is 42.5 Å². The molecule has 0 saturated heterocycles. The van der Waals surface area contributed by atoms with Gasteiger partial charge in [-0.2, -0.15) is 0 Å². The van der Waals surface area contributed by atoms with Crippen LogP contribution in [0.4, 0.5) is 0 Å². The second-order valence-corrected chi connectivity index (χ2v) is 6.07. The number of ether oxygens (including phenoxy) is 1. The Bertz CT molecular complexity index is 562. The van der Waals surface area contributed by atoms with Gasteiger partial charge in [0.15, 0.2) is 0 Å². The SMILES string of the molecule is COc1ccccc1CC(N)CSc1cccc(Cl)c1. The third kappa shape index (κ3) is 4.44. The van der Waals surface area contributed by atoms with Gasteiger partial charge in [-0.15, -0.1) is 11.8 Å². The third-order valence-electron chi connectivity index (χ3n) is 2.93. The highest BCUT2D eigenvalue weighted by molar-refractivity contribution is 7.99. The minimum atomic E-state index is 0.0790. The van der Waals surface area contributed by atoms with E-state index in [0.29, 0.717) is 0 Å². The lowest BCUT2D eigenvalue weighted by Crippen LogP contribution is -2.25. The van der Waals surface area contributed by atoms with Gasteiger partial charge in [-0.25, -0.2) is 0 Å². The Balaban J connectivity index is 1.91. The summed E-state index contributed by atoms with van der Waals surface area (Å²) in [6.45, 7) is 0. The van der Waals surface area contributed by atoms with Gasteiger partial charge in [-0.05, 0) is 36.2 Å². The molecule has 0 spiro atoms. The first-order chi connectivity index (χ1) is 9.69. The van der Waals surface area contributed by atoms with Crippen LogP contribution in [-0.4, -0.2) is 18.9 Å². The lowest BCUT2D eigenvalue weighted by Gasteiger charge is -2.14. The molecule has 0 aromatic heterocycles. The first kappa shape index (κ1) is 15.2. The Morgan fingerprint density at radius 1 is 1.20 bits per heavy atom. The summed E-state index contributed by atoms with van der Waals surface area (Å²) in [6, 6.07) is 15.9. The van der Waals surface area contributed by atoms with Gasteiger partial charge >= 0.3 is 0 Å². The number of hydrogen-bond donors (Lipinski definition) is 1. The molecule has 2 aromatic carbocycles. The summed E-state index contributed by atoms with van der Waals surface area (Å²) in [4.78, 5) is 1.15. The Hall–Kier alpha value is -1.16. The van der Waals surface area contributed by atoms with Crippen LogP contribution in [0, 0.1) is 0 Å². The van der Waals surface area contributed by atoms with E-state index in [2.05, 4.69) is 6.07 Å². The number of rotatable bonds is 6. The maximum atomic E-state index is 6.21. The summed E-state index contributed by atoms with van der Waals surface area (Å²) in [6.07, 6.45) is 0.803. The smallest absolute Gasteiger partial charge is 0.122 e. The molecule has 20 heavy (non-hydrogen) atoms. The minimum Gasteiger partial charge on any atom is -0.496 e. The van der Waals surface area contributed by atoms with Gasteiger partial charge in [0.25, 0.3) is 0 Å². The fraction of sp³-hybridized carbons (Fsp3) is 0.250. The summed E-state index contributed by atoms with van der Waals surface area (Å²) >= 11 is 7.69. The average molecular weight is 308 g/mol. The quantitative estimate of drug-likeness (QED) is 0.819. The summed E-state index contributed by atoms with van der Waals surface area (Å²) in [5, 5.41) is 0.758. The molecular weight excluding hydrogens is 290 g/mol. The first-order valence-corrected chi connectivity index (χ1v) is 7.81. The molecule has 0 bridgehead atoms. The largest absolute Gasteiger partial charge is 0.496 e. The van der Waals surface area contributed by atoms with Crippen molar-refractivity contribution in [3.05, 3.63) is 59.1 Å². The second kappa shape index (κ2) is 7.58. The molecular formula is C16H18ClNOS. The fourth-order valence-corrected chi connectivity index (χ4v) is 3.14. The monoisotopic (exact) mass is 307 g/mol. The molecule has 1 atom stereocenters. The molecule has 0 saturated carbocycles. The highest BCUT2D eigenvalue weighted by atomic mass is 35.5. The molecule has 0 aliphatic heterocycles. The van der Waals surface area contributed by atoms with Crippen molar-refractivity contribution in [1.29, 1.82) is 0 Å². The number of benzene rings is 2. The lowest BCUT2D eigenvalue weighted by atomic mass is 10.1. The van der Waals surface area contributed by atoms with Gasteiger partial charge in [-0.1, -0.05) is 35.9 Å². The number of hydrogen-bond acceptors (Lipinski definition) is 3. The number of methoxy groups -OCH3 is 1. The van der Waals surface area contributed by atoms with Crippen molar-refractivity contribution in [1.82, 2.24) is 0 Å². The number of halogens is 1. The number of thioether (sulfide) groups is 1. The van der Waals surface area contributed by atoms with Gasteiger partial charge < -0.3 is 10.5 Å². The van der Waals surface area contributed by atoms with Gasteiger partial charge in [0, 0.05) is 21.7 Å². The van der Waals surface area contributed by atoms with Crippen molar-refractivity contribution in [3.63, 3.8) is 0 Å². The summed E-state index contributed by atoms with van der Waals surface area (Å²) < 4.78 is 5.34. The van der Waals surface area contributed by atoms with Gasteiger partial charge in [0.1, 0.15) is 5.75 Å². The highest BCUT2D eigenvalue weighted by Gasteiger charge is 2.09. The van der Waals surface area contributed by atoms with E-state index in [9.17, 15) is 0 Å². The molecule has 2 nitrogen and oxygen atoms in total. The molecule has 0 heterocycles. The van der Waals surface area contributed by atoms with Crippen LogP contribution < -0.4 is 10.5 Å². The maximum absolute atomic E-state index is 6.21. The van der Waals surface area contributed by atoms with E-state index >= 15 is 0 Å². The first-order valence-electron chi connectivity index (χ1n) is 6.45. The minimum absolute atomic E-state index is 0.0790. The van der Waals surface area contributed by atoms with Crippen LogP contribution in [0.25, 0.3) is 0 Å². The van der Waals surface area contributed by atoms with E-state index in [4.69, 9.17) is 22.1 Å². The lowest BCUT2D eigenvalue weighted by molar-refractivity contribution is 0.408. The highest BCUT2D eigenvalue weighted by Crippen LogP contribution is 2.24. The van der Waals surface area contributed by atoms with E-state index in [0.717, 1.165) is 33.4 Å². The Morgan fingerprint density at radius 3 is 2.75 bits per heavy atom. The average Bonchev–Trinajstić information content (AvgIpc) is 2.46. The molecule has 1 unspecified atom stereocenters. The van der Waals surface area contributed by atoms with Crippen LogP contribution in [0.3, 0.4) is 0 Å². The van der Waals surface area contributed by atoms with Crippen molar-refractivity contribution in [2.45, 2.75) is 17.4 Å². The van der Waals surface area contributed by atoms with Gasteiger partial charge in [0.05, 0.1) is 7.11 Å². The van der Waals surface area contributed by atoms with Gasteiger partial charge in [-0.3, -0.25) is 0 Å². The van der Waals surface area contributed by atoms with Crippen molar-refractivity contribution in [3.8, 4) is 5.75 Å². The summed E-state index contributed by atoms with van der Waals surface area (Å²) in [7, 11) is 1.69. The summed E-state index contributed by atoms with van der Waals surface area (Å²) in [5.74, 6) is 1.74. The normalized spacial score (nSPS) is 12.2. The molecule has 0 fully saturated rings. The van der Waals surface area contributed by atoms with Crippen LogP contribution in [0.15, 0.2) is 53.4 Å². The predicted molar refractivity (Wildman–Crippen MR) is 86.8 cm³/mol. The molecule has 106 valence electrons. The van der Waals surface area contributed by atoms with Crippen LogP contribution in [0.1, 0.15) is 5.56 Å². The zero-order valence-electron chi connectivity index (χ0n) is 11.4. The van der Waals surface area contributed by atoms with Crippen LogP contribution in [0.5, 0.6) is 5.75 Å². The van der Waals surface area contributed by atoms with Crippen LogP contribution >= 0.6 is 23.4 Å². The van der Waals surface area contributed by atoms with Gasteiger partial charge in [0.2, 0.25) is 0 Å². The van der Waals surface area contributed by atoms with E-state index in [-0.39, 0.29) is 6.04 Å². The molecule has 4 heteroatoms. The second-order valence-electron chi connectivity index (χ2n) is 4.54. The maximum Gasteiger partial charge on any atom is 0.122 e. The summed E-state index contributed by atoms with van der Waals surface area (Å²) in [5.41, 5.74) is 7.35. The zero-order valence-corrected chi connectivity index (χ0v) is 13.0. The zero-order chi connectivity index (χ0) is 14.4. The molecule has 0 amide bonds. The third-order valence-corrected chi connectivity index (χ3v) is 4.35. The molecule has 0 aliphatic rings. The molecule has 0 radical (unpaired) electrons. The van der Waals surface area contributed by atoms with Crippen molar-refractivity contribution < 1.29 is 4.74 Å². The Labute approximate surface area is 129 Å². The van der Waals surface area contributed by atoms with E-state index in [1.165, 1.54) is 0 Å². The number of para-hydroxylation sites is 1. The van der Waals surface area contributed by atoms with Crippen molar-refractivity contribution >= 4 is 23.4 Å². The standard InChI is InChI=1S/C16H18ClNOS/c1-19-16-8-3-2-5-12(16)9-14(18)11-20-15-7-4-6-13(17)10-15/h2-8,10,14H,9,11,18H2,1H3. The predicted octanol–water partition coefficient (Wildman–Crippen LogP) is 4.01. The molecule has 0 aliphatic carbocycles. The fourth-order valence-electron chi connectivity index (χ4n) is 1.97. The van der Waals surface area contributed by atoms with Crippen LogP contribution in [-0.2, 0) is 6.42 Å².